The van der Waals surface area contributed by atoms with Crippen molar-refractivity contribution in [3.05, 3.63) is 9.39 Å². The van der Waals surface area contributed by atoms with Gasteiger partial charge in [0.25, 0.3) is 0 Å². The lowest BCUT2D eigenvalue weighted by atomic mass is 10.5. The molecule has 0 N–H and O–H groups in total. The van der Waals surface area contributed by atoms with Gasteiger partial charge >= 0.3 is 0 Å². The van der Waals surface area contributed by atoms with E-state index in [1.54, 1.807) is 11.7 Å². The first-order valence-corrected chi connectivity index (χ1v) is 3.29. The van der Waals surface area contributed by atoms with Crippen LogP contribution in [0.4, 0.5) is 0 Å². The molecule has 5 heteroatoms. The molecule has 1 heterocycles. The van der Waals surface area contributed by atoms with Crippen molar-refractivity contribution in [1.82, 2.24) is 15.0 Å². The van der Waals surface area contributed by atoms with Crippen LogP contribution in [-0.2, 0) is 7.05 Å². The lowest BCUT2D eigenvalue weighted by Gasteiger charge is -1.84. The summed E-state index contributed by atoms with van der Waals surface area (Å²) in [5.74, 6) is 0. The third-order valence-electron chi connectivity index (χ3n) is 0.864. The van der Waals surface area contributed by atoms with Gasteiger partial charge in [0.1, 0.15) is 9.77 Å². The molecule has 0 amide bonds. The second-order valence-corrected chi connectivity index (χ2v) is 2.49. The molecule has 0 spiro atoms. The molecule has 1 aromatic rings. The summed E-state index contributed by atoms with van der Waals surface area (Å²) in [7, 11) is 1.75. The molecule has 1 rings (SSSR count). The Hall–Kier alpha value is -0.640. The molecule has 0 atom stereocenters. The second-order valence-electron chi connectivity index (χ2n) is 1.46. The van der Waals surface area contributed by atoms with E-state index in [1.165, 1.54) is 0 Å². The van der Waals surface area contributed by atoms with E-state index in [-0.39, 0.29) is 0 Å². The Kier molecular flexibility index (Phi) is 1.66. The van der Waals surface area contributed by atoms with Gasteiger partial charge in [0, 0.05) is 7.05 Å². The topological polar surface area (TPSA) is 54.5 Å². The molecule has 0 aliphatic heterocycles. The van der Waals surface area contributed by atoms with Gasteiger partial charge < -0.3 is 0 Å². The van der Waals surface area contributed by atoms with Gasteiger partial charge in [-0.25, -0.2) is 4.68 Å². The highest BCUT2D eigenvalue weighted by Gasteiger charge is 2.03. The van der Waals surface area contributed by atoms with Crippen LogP contribution in [0.15, 0.2) is 0 Å². The predicted molar refractivity (Wildman–Crippen MR) is 38.4 cm³/mol. The van der Waals surface area contributed by atoms with Crippen LogP contribution < -0.4 is 0 Å². The number of aryl methyl sites for hydroxylation is 1. The molecule has 0 fully saturated rings. The highest BCUT2D eigenvalue weighted by molar-refractivity contribution is 14.1. The molecular formula is C4H3IN4. The maximum atomic E-state index is 8.36. The van der Waals surface area contributed by atoms with Crippen molar-refractivity contribution in [3.8, 4) is 6.07 Å². The monoisotopic (exact) mass is 234 g/mol. The van der Waals surface area contributed by atoms with Gasteiger partial charge in [-0.05, 0) is 22.6 Å². The summed E-state index contributed by atoms with van der Waals surface area (Å²) < 4.78 is 2.33. The Balaban J connectivity index is 3.24. The van der Waals surface area contributed by atoms with Crippen LogP contribution in [0.25, 0.3) is 0 Å². The summed E-state index contributed by atoms with van der Waals surface area (Å²) in [6.07, 6.45) is 0. The number of aromatic nitrogens is 3. The van der Waals surface area contributed by atoms with Crippen LogP contribution in [0.2, 0.25) is 0 Å². The van der Waals surface area contributed by atoms with Crippen molar-refractivity contribution in [2.45, 2.75) is 0 Å². The zero-order valence-corrected chi connectivity index (χ0v) is 6.82. The predicted octanol–water partition coefficient (Wildman–Crippen LogP) is 0.291. The molecule has 0 bridgehead atoms. The van der Waals surface area contributed by atoms with Crippen molar-refractivity contribution in [3.63, 3.8) is 0 Å². The number of hydrogen-bond donors (Lipinski definition) is 0. The third kappa shape index (κ3) is 1.03. The van der Waals surface area contributed by atoms with Gasteiger partial charge in [-0.15, -0.1) is 5.10 Å². The molecule has 0 aromatic carbocycles. The van der Waals surface area contributed by atoms with Crippen LogP contribution in [-0.4, -0.2) is 15.0 Å². The molecule has 0 saturated heterocycles. The summed E-state index contributed by atoms with van der Waals surface area (Å²) in [4.78, 5) is 0. The highest BCUT2D eigenvalue weighted by Crippen LogP contribution is 2.04. The Morgan fingerprint density at radius 1 is 1.78 bits per heavy atom. The molecule has 1 aromatic heterocycles. The smallest absolute Gasteiger partial charge is 0.196 e. The lowest BCUT2D eigenvalue weighted by Crippen LogP contribution is -1.92. The first-order valence-electron chi connectivity index (χ1n) is 2.21. The maximum Gasteiger partial charge on any atom is 0.196 e. The van der Waals surface area contributed by atoms with Gasteiger partial charge in [-0.3, -0.25) is 0 Å². The van der Waals surface area contributed by atoms with Gasteiger partial charge in [0.15, 0.2) is 5.69 Å². The number of nitriles is 1. The molecular weight excluding hydrogens is 231 g/mol. The standard InChI is InChI=1S/C4H3IN4/c1-9-4(5)3(2-6)7-8-9/h1H3. The van der Waals surface area contributed by atoms with Crippen LogP contribution in [0, 0.1) is 15.0 Å². The zero-order valence-electron chi connectivity index (χ0n) is 4.67. The molecule has 0 saturated carbocycles. The van der Waals surface area contributed by atoms with Crippen LogP contribution in [0.3, 0.4) is 0 Å². The summed E-state index contributed by atoms with van der Waals surface area (Å²) in [5, 5.41) is 15.6. The fraction of sp³-hybridized carbons (Fsp3) is 0.250. The van der Waals surface area contributed by atoms with E-state index in [1.807, 2.05) is 28.7 Å². The quantitative estimate of drug-likeness (QED) is 0.606. The van der Waals surface area contributed by atoms with E-state index in [2.05, 4.69) is 10.3 Å². The number of hydrogen-bond acceptors (Lipinski definition) is 3. The van der Waals surface area contributed by atoms with E-state index in [4.69, 9.17) is 5.26 Å². The highest BCUT2D eigenvalue weighted by atomic mass is 127. The van der Waals surface area contributed by atoms with E-state index in [9.17, 15) is 0 Å². The average molecular weight is 234 g/mol. The van der Waals surface area contributed by atoms with Gasteiger partial charge in [-0.1, -0.05) is 5.21 Å². The first-order chi connectivity index (χ1) is 4.25. The van der Waals surface area contributed by atoms with Crippen LogP contribution in [0.5, 0.6) is 0 Å². The third-order valence-corrected chi connectivity index (χ3v) is 2.07. The van der Waals surface area contributed by atoms with Gasteiger partial charge in [-0.2, -0.15) is 5.26 Å². The minimum Gasteiger partial charge on any atom is -0.241 e. The molecule has 4 nitrogen and oxygen atoms in total. The SMILES string of the molecule is Cn1nnc(C#N)c1I. The van der Waals surface area contributed by atoms with Crippen molar-refractivity contribution >= 4 is 22.6 Å². The van der Waals surface area contributed by atoms with Crippen molar-refractivity contribution < 1.29 is 0 Å². The van der Waals surface area contributed by atoms with E-state index in [0.717, 1.165) is 3.70 Å². The summed E-state index contributed by atoms with van der Waals surface area (Å²) in [5.41, 5.74) is 0.387. The molecule has 46 valence electrons. The van der Waals surface area contributed by atoms with E-state index < -0.39 is 0 Å². The Labute approximate surface area is 65.6 Å². The number of rotatable bonds is 0. The van der Waals surface area contributed by atoms with Crippen molar-refractivity contribution in [2.24, 2.45) is 7.05 Å². The molecule has 0 aliphatic rings. The van der Waals surface area contributed by atoms with Gasteiger partial charge in [0.05, 0.1) is 0 Å². The molecule has 0 aliphatic carbocycles. The molecule has 0 unspecified atom stereocenters. The second kappa shape index (κ2) is 2.31. The Morgan fingerprint density at radius 3 is 2.67 bits per heavy atom. The fourth-order valence-electron chi connectivity index (χ4n) is 0.414. The van der Waals surface area contributed by atoms with Crippen molar-refractivity contribution in [1.29, 1.82) is 5.26 Å². The van der Waals surface area contributed by atoms with Crippen molar-refractivity contribution in [2.75, 3.05) is 0 Å². The first kappa shape index (κ1) is 6.48. The van der Waals surface area contributed by atoms with Crippen LogP contribution >= 0.6 is 22.6 Å². The molecule has 9 heavy (non-hydrogen) atoms. The minimum atomic E-state index is 0.387. The Morgan fingerprint density at radius 2 is 2.44 bits per heavy atom. The normalized spacial score (nSPS) is 9.00. The molecule has 0 radical (unpaired) electrons. The summed E-state index contributed by atoms with van der Waals surface area (Å²) in [6, 6.07) is 1.91. The maximum absolute atomic E-state index is 8.36. The van der Waals surface area contributed by atoms with E-state index in [0.29, 0.717) is 5.69 Å². The fourth-order valence-corrected chi connectivity index (χ4v) is 0.739. The largest absolute Gasteiger partial charge is 0.241 e. The minimum absolute atomic E-state index is 0.387. The number of nitrogens with zero attached hydrogens (tertiary/aromatic N) is 4. The van der Waals surface area contributed by atoms with E-state index >= 15 is 0 Å². The summed E-state index contributed by atoms with van der Waals surface area (Å²) in [6.45, 7) is 0. The lowest BCUT2D eigenvalue weighted by molar-refractivity contribution is 0.701. The van der Waals surface area contributed by atoms with Crippen LogP contribution in [0.1, 0.15) is 5.69 Å². The number of halogens is 1. The zero-order chi connectivity index (χ0) is 6.85. The summed E-state index contributed by atoms with van der Waals surface area (Å²) >= 11 is 2.02. The average Bonchev–Trinajstić information content (AvgIpc) is 2.15. The Bertz CT molecular complexity index is 258. The van der Waals surface area contributed by atoms with Gasteiger partial charge in [0.2, 0.25) is 0 Å².